The van der Waals surface area contributed by atoms with Crippen LogP contribution in [0, 0.1) is 11.8 Å². The van der Waals surface area contributed by atoms with E-state index in [2.05, 4.69) is 17.6 Å². The van der Waals surface area contributed by atoms with Crippen LogP contribution < -0.4 is 10.6 Å². The SMILES string of the molecule is CC(C)OCCCCNC(=O)[C@@H]1CNC[C@H]1C. The van der Waals surface area contributed by atoms with Crippen LogP contribution in [0.25, 0.3) is 0 Å². The lowest BCUT2D eigenvalue weighted by molar-refractivity contribution is -0.125. The molecule has 4 nitrogen and oxygen atoms in total. The van der Waals surface area contributed by atoms with Gasteiger partial charge in [0.15, 0.2) is 0 Å². The maximum atomic E-state index is 11.8. The minimum atomic E-state index is 0.155. The molecule has 1 aliphatic heterocycles. The Hall–Kier alpha value is -0.610. The lowest BCUT2D eigenvalue weighted by atomic mass is 9.97. The van der Waals surface area contributed by atoms with E-state index in [-0.39, 0.29) is 11.8 Å². The van der Waals surface area contributed by atoms with Crippen molar-refractivity contribution in [3.05, 3.63) is 0 Å². The van der Waals surface area contributed by atoms with Crippen molar-refractivity contribution in [3.63, 3.8) is 0 Å². The molecule has 100 valence electrons. The number of ether oxygens (including phenoxy) is 1. The van der Waals surface area contributed by atoms with Crippen molar-refractivity contribution in [2.24, 2.45) is 11.8 Å². The molecule has 1 aliphatic rings. The van der Waals surface area contributed by atoms with E-state index < -0.39 is 0 Å². The van der Waals surface area contributed by atoms with Crippen LogP contribution in [0.5, 0.6) is 0 Å². The highest BCUT2D eigenvalue weighted by Gasteiger charge is 2.28. The molecule has 17 heavy (non-hydrogen) atoms. The highest BCUT2D eigenvalue weighted by molar-refractivity contribution is 5.79. The standard InChI is InChI=1S/C13H26N2O2/c1-10(2)17-7-5-4-6-15-13(16)12-9-14-8-11(12)3/h10-12,14H,4-9H2,1-3H3,(H,15,16)/t11-,12-/m1/s1. The average Bonchev–Trinajstić information content (AvgIpc) is 2.69. The van der Waals surface area contributed by atoms with Crippen LogP contribution in [-0.2, 0) is 9.53 Å². The number of rotatable bonds is 7. The van der Waals surface area contributed by atoms with Crippen molar-refractivity contribution >= 4 is 5.91 Å². The van der Waals surface area contributed by atoms with E-state index >= 15 is 0 Å². The Morgan fingerprint density at radius 1 is 1.41 bits per heavy atom. The summed E-state index contributed by atoms with van der Waals surface area (Å²) in [5.74, 6) is 0.813. The molecule has 0 radical (unpaired) electrons. The van der Waals surface area contributed by atoms with Gasteiger partial charge in [0.2, 0.25) is 5.91 Å². The molecule has 1 fully saturated rings. The van der Waals surface area contributed by atoms with E-state index in [1.165, 1.54) is 0 Å². The predicted octanol–water partition coefficient (Wildman–Crippen LogP) is 1.16. The van der Waals surface area contributed by atoms with Crippen LogP contribution in [0.4, 0.5) is 0 Å². The second-order valence-corrected chi connectivity index (χ2v) is 5.16. The summed E-state index contributed by atoms with van der Waals surface area (Å²) >= 11 is 0. The highest BCUT2D eigenvalue weighted by Crippen LogP contribution is 2.15. The first kappa shape index (κ1) is 14.5. The normalized spacial score (nSPS) is 24.2. The molecule has 0 aliphatic carbocycles. The molecular weight excluding hydrogens is 216 g/mol. The fraction of sp³-hybridized carbons (Fsp3) is 0.923. The van der Waals surface area contributed by atoms with Crippen LogP contribution in [0.15, 0.2) is 0 Å². The first-order valence-corrected chi connectivity index (χ1v) is 6.71. The monoisotopic (exact) mass is 242 g/mol. The summed E-state index contributed by atoms with van der Waals surface area (Å²) in [5, 5.41) is 6.25. The lowest BCUT2D eigenvalue weighted by Gasteiger charge is -2.14. The van der Waals surface area contributed by atoms with Crippen molar-refractivity contribution in [1.82, 2.24) is 10.6 Å². The van der Waals surface area contributed by atoms with Crippen molar-refractivity contribution < 1.29 is 9.53 Å². The molecule has 1 rings (SSSR count). The first-order valence-electron chi connectivity index (χ1n) is 6.71. The molecular formula is C13H26N2O2. The topological polar surface area (TPSA) is 50.4 Å². The Morgan fingerprint density at radius 2 is 2.18 bits per heavy atom. The number of carbonyl (C=O) groups excluding carboxylic acids is 1. The molecule has 0 spiro atoms. The molecule has 0 bridgehead atoms. The number of nitrogens with one attached hydrogen (secondary N) is 2. The molecule has 1 heterocycles. The Labute approximate surface area is 104 Å². The zero-order chi connectivity index (χ0) is 12.7. The largest absolute Gasteiger partial charge is 0.379 e. The summed E-state index contributed by atoms with van der Waals surface area (Å²) in [4.78, 5) is 11.8. The summed E-state index contributed by atoms with van der Waals surface area (Å²) in [5.41, 5.74) is 0. The van der Waals surface area contributed by atoms with Crippen molar-refractivity contribution in [3.8, 4) is 0 Å². The minimum absolute atomic E-state index is 0.155. The van der Waals surface area contributed by atoms with Gasteiger partial charge in [-0.1, -0.05) is 6.92 Å². The molecule has 2 atom stereocenters. The van der Waals surface area contributed by atoms with E-state index in [9.17, 15) is 4.79 Å². The molecule has 4 heteroatoms. The molecule has 1 saturated heterocycles. The third-order valence-corrected chi connectivity index (χ3v) is 3.18. The van der Waals surface area contributed by atoms with Crippen LogP contribution in [0.3, 0.4) is 0 Å². The van der Waals surface area contributed by atoms with E-state index in [1.54, 1.807) is 0 Å². The van der Waals surface area contributed by atoms with E-state index in [1.807, 2.05) is 13.8 Å². The lowest BCUT2D eigenvalue weighted by Crippen LogP contribution is -2.34. The van der Waals surface area contributed by atoms with Gasteiger partial charge in [-0.3, -0.25) is 4.79 Å². The molecule has 1 amide bonds. The molecule has 0 unspecified atom stereocenters. The molecule has 0 aromatic heterocycles. The average molecular weight is 242 g/mol. The Balaban J connectivity index is 2.00. The van der Waals surface area contributed by atoms with Gasteiger partial charge in [-0.25, -0.2) is 0 Å². The van der Waals surface area contributed by atoms with Gasteiger partial charge in [-0.05, 0) is 39.2 Å². The van der Waals surface area contributed by atoms with Gasteiger partial charge in [0.25, 0.3) is 0 Å². The summed E-state index contributed by atoms with van der Waals surface area (Å²) in [6.45, 7) is 9.54. The number of hydrogen-bond acceptors (Lipinski definition) is 3. The van der Waals surface area contributed by atoms with Gasteiger partial charge in [0.1, 0.15) is 0 Å². The fourth-order valence-corrected chi connectivity index (χ4v) is 2.05. The number of unbranched alkanes of at least 4 members (excludes halogenated alkanes) is 1. The summed E-state index contributed by atoms with van der Waals surface area (Å²) in [7, 11) is 0. The maximum Gasteiger partial charge on any atom is 0.224 e. The fourth-order valence-electron chi connectivity index (χ4n) is 2.05. The van der Waals surface area contributed by atoms with Crippen LogP contribution in [0.1, 0.15) is 33.6 Å². The summed E-state index contributed by atoms with van der Waals surface area (Å²) in [6, 6.07) is 0. The van der Waals surface area contributed by atoms with Crippen molar-refractivity contribution in [1.29, 1.82) is 0 Å². The molecule has 2 N–H and O–H groups in total. The Morgan fingerprint density at radius 3 is 2.76 bits per heavy atom. The van der Waals surface area contributed by atoms with Crippen LogP contribution >= 0.6 is 0 Å². The first-order chi connectivity index (χ1) is 8.11. The van der Waals surface area contributed by atoms with Crippen LogP contribution in [-0.4, -0.2) is 38.3 Å². The van der Waals surface area contributed by atoms with Gasteiger partial charge in [0.05, 0.1) is 12.0 Å². The molecule has 0 aromatic rings. The highest BCUT2D eigenvalue weighted by atomic mass is 16.5. The predicted molar refractivity (Wildman–Crippen MR) is 68.9 cm³/mol. The molecule has 0 saturated carbocycles. The smallest absolute Gasteiger partial charge is 0.224 e. The van der Waals surface area contributed by atoms with Gasteiger partial charge < -0.3 is 15.4 Å². The number of hydrogen-bond donors (Lipinski definition) is 2. The number of amides is 1. The van der Waals surface area contributed by atoms with E-state index in [4.69, 9.17) is 4.74 Å². The quantitative estimate of drug-likeness (QED) is 0.659. The van der Waals surface area contributed by atoms with Crippen molar-refractivity contribution in [2.75, 3.05) is 26.2 Å². The maximum absolute atomic E-state index is 11.8. The van der Waals surface area contributed by atoms with Gasteiger partial charge >= 0.3 is 0 Å². The summed E-state index contributed by atoms with van der Waals surface area (Å²) < 4.78 is 5.44. The van der Waals surface area contributed by atoms with E-state index in [0.717, 1.165) is 39.1 Å². The second kappa shape index (κ2) is 7.67. The van der Waals surface area contributed by atoms with Gasteiger partial charge in [-0.2, -0.15) is 0 Å². The molecule has 0 aromatic carbocycles. The van der Waals surface area contributed by atoms with Crippen molar-refractivity contribution in [2.45, 2.75) is 39.7 Å². The van der Waals surface area contributed by atoms with E-state index in [0.29, 0.717) is 12.0 Å². The zero-order valence-electron chi connectivity index (χ0n) is 11.3. The third kappa shape index (κ3) is 5.50. The zero-order valence-corrected chi connectivity index (χ0v) is 11.3. The Bertz CT molecular complexity index is 231. The van der Waals surface area contributed by atoms with Gasteiger partial charge in [0, 0.05) is 19.7 Å². The van der Waals surface area contributed by atoms with Crippen LogP contribution in [0.2, 0.25) is 0 Å². The second-order valence-electron chi connectivity index (χ2n) is 5.16. The number of carbonyl (C=O) groups is 1. The third-order valence-electron chi connectivity index (χ3n) is 3.18. The Kier molecular flexibility index (Phi) is 6.52. The van der Waals surface area contributed by atoms with Gasteiger partial charge in [-0.15, -0.1) is 0 Å². The minimum Gasteiger partial charge on any atom is -0.379 e. The summed E-state index contributed by atoms with van der Waals surface area (Å²) in [6.07, 6.45) is 2.30.